The van der Waals surface area contributed by atoms with Gasteiger partial charge in [0.2, 0.25) is 0 Å². The summed E-state index contributed by atoms with van der Waals surface area (Å²) in [4.78, 5) is 37.1. The Morgan fingerprint density at radius 3 is 2.47 bits per heavy atom. The topological polar surface area (TPSA) is 124 Å². The molecule has 176 valence electrons. The first-order valence-electron chi connectivity index (χ1n) is 11.4. The number of Topliss-reactive ketones (excluding diaryl/α,β-unsaturated/α-hetero) is 1. The Kier molecular flexibility index (Phi) is 6.70. The molecule has 32 heavy (non-hydrogen) atoms. The van der Waals surface area contributed by atoms with Crippen LogP contribution in [-0.4, -0.2) is 44.6 Å². The molecule has 0 unspecified atom stereocenters. The smallest absolute Gasteiger partial charge is 0.335 e. The number of carbonyl (C=O) groups excluding carboxylic acids is 2. The maximum Gasteiger partial charge on any atom is 0.335 e. The maximum atomic E-state index is 13.1. The minimum absolute atomic E-state index is 0.0883. The highest BCUT2D eigenvalue weighted by atomic mass is 16.4. The molecular weight excluding hydrogens is 410 g/mol. The SMILES string of the molecule is C/C=C(\C)[C@@H]1C=C[C@@H]2C[C@H](C)C[C@H](C)[C@H]2[C@@H]1/C(O)=C1/C(=O)N[C@H](C[C@@](C)(O)C(=O)O)C1=O. The number of nitrogens with one attached hydrogen (secondary N) is 1. The first-order valence-corrected chi connectivity index (χ1v) is 11.4. The molecule has 1 heterocycles. The second-order valence-corrected chi connectivity index (χ2v) is 10.2. The molecule has 0 spiro atoms. The van der Waals surface area contributed by atoms with Crippen LogP contribution in [0.2, 0.25) is 0 Å². The maximum absolute atomic E-state index is 13.1. The molecule has 1 aliphatic heterocycles. The van der Waals surface area contributed by atoms with Crippen LogP contribution >= 0.6 is 0 Å². The van der Waals surface area contributed by atoms with Crippen molar-refractivity contribution in [3.63, 3.8) is 0 Å². The lowest BCUT2D eigenvalue weighted by atomic mass is 9.57. The Bertz CT molecular complexity index is 898. The van der Waals surface area contributed by atoms with Crippen molar-refractivity contribution >= 4 is 17.7 Å². The van der Waals surface area contributed by atoms with Gasteiger partial charge in [0.05, 0.1) is 6.04 Å². The van der Waals surface area contributed by atoms with E-state index in [0.29, 0.717) is 11.8 Å². The zero-order chi connectivity index (χ0) is 24.0. The van der Waals surface area contributed by atoms with E-state index in [0.717, 1.165) is 25.3 Å². The van der Waals surface area contributed by atoms with Crippen LogP contribution in [0.25, 0.3) is 0 Å². The van der Waals surface area contributed by atoms with E-state index in [1.165, 1.54) is 0 Å². The summed E-state index contributed by atoms with van der Waals surface area (Å²) in [6.07, 6.45) is 7.85. The van der Waals surface area contributed by atoms with Gasteiger partial charge in [0, 0.05) is 18.3 Å². The second kappa shape index (κ2) is 8.85. The molecule has 1 amide bonds. The van der Waals surface area contributed by atoms with Gasteiger partial charge in [-0.25, -0.2) is 4.79 Å². The van der Waals surface area contributed by atoms with Crippen LogP contribution in [0.4, 0.5) is 0 Å². The standard InChI is InChI=1S/C25H35NO6/c1-6-13(3)16-8-7-15-10-12(2)9-14(4)18(15)19(16)22(28)20-21(27)17(26-23(20)29)11-25(5,32)24(30)31/h6-8,12,14-19,28,32H,9-11H2,1-5H3,(H,26,29)(H,30,31)/b13-6+,22-20-/t12-,14+,15-,16+,17-,18-,19-,25-/m1/s1. The van der Waals surface area contributed by atoms with Crippen LogP contribution < -0.4 is 5.32 Å². The minimum atomic E-state index is -2.17. The highest BCUT2D eigenvalue weighted by Crippen LogP contribution is 2.51. The van der Waals surface area contributed by atoms with Gasteiger partial charge < -0.3 is 20.6 Å². The molecule has 3 aliphatic rings. The van der Waals surface area contributed by atoms with Crippen molar-refractivity contribution in [2.24, 2.45) is 35.5 Å². The van der Waals surface area contributed by atoms with E-state index in [2.05, 4.69) is 31.3 Å². The first-order chi connectivity index (χ1) is 14.9. The molecule has 0 aromatic heterocycles. The number of hydrogen-bond donors (Lipinski definition) is 4. The summed E-state index contributed by atoms with van der Waals surface area (Å²) in [5.74, 6) is -2.39. The molecule has 1 saturated heterocycles. The molecule has 7 heteroatoms. The molecule has 0 radical (unpaired) electrons. The van der Waals surface area contributed by atoms with E-state index < -0.39 is 41.6 Å². The minimum Gasteiger partial charge on any atom is -0.511 e. The van der Waals surface area contributed by atoms with Crippen LogP contribution in [0.5, 0.6) is 0 Å². The third-order valence-corrected chi connectivity index (χ3v) is 7.68. The highest BCUT2D eigenvalue weighted by molar-refractivity contribution is 6.27. The van der Waals surface area contributed by atoms with Crippen molar-refractivity contribution in [2.75, 3.05) is 0 Å². The third kappa shape index (κ3) is 4.27. The molecule has 0 aromatic carbocycles. The number of fused-ring (bicyclic) bond motifs is 1. The van der Waals surface area contributed by atoms with Crippen LogP contribution in [0, 0.1) is 35.5 Å². The van der Waals surface area contributed by atoms with Crippen molar-refractivity contribution in [3.05, 3.63) is 35.1 Å². The van der Waals surface area contributed by atoms with Gasteiger partial charge in [-0.15, -0.1) is 0 Å². The predicted octanol–water partition coefficient (Wildman–Crippen LogP) is 3.16. The summed E-state index contributed by atoms with van der Waals surface area (Å²) < 4.78 is 0. The predicted molar refractivity (Wildman–Crippen MR) is 120 cm³/mol. The summed E-state index contributed by atoms with van der Waals surface area (Å²) >= 11 is 0. The Labute approximate surface area is 189 Å². The van der Waals surface area contributed by atoms with Gasteiger partial charge in [-0.2, -0.15) is 0 Å². The van der Waals surface area contributed by atoms with E-state index in [9.17, 15) is 29.7 Å². The van der Waals surface area contributed by atoms with Gasteiger partial charge in [-0.3, -0.25) is 9.59 Å². The molecule has 0 aromatic rings. The Hall–Kier alpha value is -2.41. The average Bonchev–Trinajstić information content (AvgIpc) is 2.98. The molecule has 7 nitrogen and oxygen atoms in total. The largest absolute Gasteiger partial charge is 0.511 e. The number of amides is 1. The summed E-state index contributed by atoms with van der Waals surface area (Å²) in [5.41, 5.74) is -1.41. The highest BCUT2D eigenvalue weighted by Gasteiger charge is 2.49. The van der Waals surface area contributed by atoms with Crippen molar-refractivity contribution in [1.29, 1.82) is 0 Å². The van der Waals surface area contributed by atoms with Crippen molar-refractivity contribution in [1.82, 2.24) is 5.32 Å². The molecule has 1 saturated carbocycles. The Balaban J connectivity index is 2.04. The van der Waals surface area contributed by atoms with E-state index in [1.54, 1.807) is 0 Å². The zero-order valence-electron chi connectivity index (χ0n) is 19.5. The fourth-order valence-electron chi connectivity index (χ4n) is 5.98. The summed E-state index contributed by atoms with van der Waals surface area (Å²) in [6, 6.07) is -1.19. The van der Waals surface area contributed by atoms with Crippen LogP contribution in [-0.2, 0) is 14.4 Å². The lowest BCUT2D eigenvalue weighted by Crippen LogP contribution is -2.43. The first kappa shape index (κ1) is 24.2. The fourth-order valence-corrected chi connectivity index (χ4v) is 5.98. The lowest BCUT2D eigenvalue weighted by molar-refractivity contribution is -0.158. The van der Waals surface area contributed by atoms with Gasteiger partial charge in [0.25, 0.3) is 5.91 Å². The van der Waals surface area contributed by atoms with Crippen LogP contribution in [0.3, 0.4) is 0 Å². The Morgan fingerprint density at radius 1 is 1.22 bits per heavy atom. The average molecular weight is 446 g/mol. The molecule has 8 atom stereocenters. The quantitative estimate of drug-likeness (QED) is 0.223. The van der Waals surface area contributed by atoms with Gasteiger partial charge in [-0.1, -0.05) is 37.6 Å². The molecule has 0 bridgehead atoms. The number of carboxylic acids is 1. The van der Waals surface area contributed by atoms with E-state index in [4.69, 9.17) is 0 Å². The molecule has 2 aliphatic carbocycles. The zero-order valence-corrected chi connectivity index (χ0v) is 19.5. The van der Waals surface area contributed by atoms with Crippen LogP contribution in [0.1, 0.15) is 53.9 Å². The summed E-state index contributed by atoms with van der Waals surface area (Å²) in [6.45, 7) is 9.40. The lowest BCUT2D eigenvalue weighted by Gasteiger charge is -2.47. The number of allylic oxidation sites excluding steroid dienone is 5. The third-order valence-electron chi connectivity index (χ3n) is 7.68. The fraction of sp³-hybridized carbons (Fsp3) is 0.640. The molecule has 3 rings (SSSR count). The van der Waals surface area contributed by atoms with Gasteiger partial charge >= 0.3 is 5.97 Å². The number of hydrogen-bond acceptors (Lipinski definition) is 5. The number of aliphatic carboxylic acids is 1. The second-order valence-electron chi connectivity index (χ2n) is 10.2. The van der Waals surface area contributed by atoms with Gasteiger partial charge in [-0.05, 0) is 57.3 Å². The number of carboxylic acid groups (broad SMARTS) is 1. The monoisotopic (exact) mass is 445 g/mol. The number of rotatable bonds is 5. The number of carbonyl (C=O) groups is 3. The van der Waals surface area contributed by atoms with Crippen molar-refractivity contribution < 1.29 is 29.7 Å². The van der Waals surface area contributed by atoms with Crippen LogP contribution in [0.15, 0.2) is 35.1 Å². The molecular formula is C25H35NO6. The molecule has 4 N–H and O–H groups in total. The summed E-state index contributed by atoms with van der Waals surface area (Å²) in [7, 11) is 0. The van der Waals surface area contributed by atoms with E-state index >= 15 is 0 Å². The van der Waals surface area contributed by atoms with Gasteiger partial charge in [0.1, 0.15) is 11.3 Å². The summed E-state index contributed by atoms with van der Waals surface area (Å²) in [5, 5.41) is 33.2. The normalized spacial score (nSPS) is 38.7. The van der Waals surface area contributed by atoms with Crippen molar-refractivity contribution in [3.8, 4) is 0 Å². The van der Waals surface area contributed by atoms with Gasteiger partial charge in [0.15, 0.2) is 11.4 Å². The number of ketones is 1. The number of aliphatic hydroxyl groups excluding tert-OH is 1. The number of aliphatic hydroxyl groups is 2. The van der Waals surface area contributed by atoms with Crippen molar-refractivity contribution in [2.45, 2.75) is 65.5 Å². The van der Waals surface area contributed by atoms with E-state index in [-0.39, 0.29) is 29.1 Å². The molecule has 2 fully saturated rings. The Morgan fingerprint density at radius 2 is 1.88 bits per heavy atom. The van der Waals surface area contributed by atoms with E-state index in [1.807, 2.05) is 19.9 Å².